The molecule has 0 saturated heterocycles. The van der Waals surface area contributed by atoms with Crippen molar-refractivity contribution < 1.29 is 24.6 Å². The van der Waals surface area contributed by atoms with Gasteiger partial charge in [-0.2, -0.15) is 0 Å². The van der Waals surface area contributed by atoms with Crippen LogP contribution in [-0.4, -0.2) is 22.5 Å². The maximum Gasteiger partial charge on any atom is 0.533 e. The lowest BCUT2D eigenvalue weighted by molar-refractivity contribution is 0.0858. The van der Waals surface area contributed by atoms with E-state index in [0.717, 1.165) is 0 Å². The van der Waals surface area contributed by atoms with Gasteiger partial charge in [-0.1, -0.05) is 0 Å². The number of amides is 1. The first-order valence-electron chi connectivity index (χ1n) is 1.67. The molecule has 0 radical (unpaired) electrons. The third-order valence-corrected chi connectivity index (χ3v) is 0.245. The Balaban J connectivity index is 3.48. The summed E-state index contributed by atoms with van der Waals surface area (Å²) in [6, 6.07) is 0. The molecule has 0 heterocycles. The third kappa shape index (κ3) is 6.34. The first kappa shape index (κ1) is 7.34. The quantitative estimate of drug-likeness (QED) is 0.405. The van der Waals surface area contributed by atoms with Gasteiger partial charge in [-0.05, 0) is 5.11 Å². The second-order valence-electron chi connectivity index (χ2n) is 0.821. The summed E-state index contributed by atoms with van der Waals surface area (Å²) in [5.74, 6) is 0. The highest BCUT2D eigenvalue weighted by Crippen LogP contribution is 1.80. The predicted octanol–water partition coefficient (Wildman–Crippen LogP) is 0.726. The maximum atomic E-state index is 9.45. The number of nitrogens with zero attached hydrogens (tertiary/aromatic N) is 2. The van der Waals surface area contributed by atoms with E-state index in [1.165, 1.54) is 0 Å². The number of hydrogen-bond donors (Lipinski definition) is 2. The number of rotatable bonds is 1. The van der Waals surface area contributed by atoms with Crippen LogP contribution in [0.5, 0.6) is 0 Å². The first-order chi connectivity index (χ1) is 4.13. The van der Waals surface area contributed by atoms with Crippen LogP contribution in [0.4, 0.5) is 9.59 Å². The van der Waals surface area contributed by atoms with E-state index in [1.807, 2.05) is 0 Å². The summed E-state index contributed by atoms with van der Waals surface area (Å²) in [6.07, 6.45) is -3.32. The molecule has 7 nitrogen and oxygen atoms in total. The van der Waals surface area contributed by atoms with E-state index in [0.29, 0.717) is 0 Å². The van der Waals surface area contributed by atoms with Crippen molar-refractivity contribution in [2.24, 2.45) is 10.4 Å². The van der Waals surface area contributed by atoms with Crippen LogP contribution < -0.4 is 0 Å². The highest BCUT2D eigenvalue weighted by Gasteiger charge is 1.93. The predicted molar refractivity (Wildman–Crippen MR) is 22.0 cm³/mol. The van der Waals surface area contributed by atoms with Crippen molar-refractivity contribution in [2.45, 2.75) is 0 Å². The van der Waals surface area contributed by atoms with Gasteiger partial charge in [0.2, 0.25) is 0 Å². The Morgan fingerprint density at radius 3 is 2.22 bits per heavy atom. The lowest BCUT2D eigenvalue weighted by atomic mass is 11.3. The summed E-state index contributed by atoms with van der Waals surface area (Å²) in [4.78, 5) is 22.2. The third-order valence-electron chi connectivity index (χ3n) is 0.245. The van der Waals surface area contributed by atoms with E-state index < -0.39 is 12.2 Å². The average molecular weight is 134 g/mol. The van der Waals surface area contributed by atoms with Gasteiger partial charge in [-0.25, -0.2) is 9.59 Å². The van der Waals surface area contributed by atoms with Crippen LogP contribution >= 0.6 is 0 Å². The average Bonchev–Trinajstić information content (AvgIpc) is 1.63. The standard InChI is InChI=1S/C2H2N2O5/c5-1(6)3-4-9-2(7)8/h(H,5,6)(H,7,8). The van der Waals surface area contributed by atoms with Gasteiger partial charge in [0.15, 0.2) is 0 Å². The smallest absolute Gasteiger partial charge is 0.462 e. The van der Waals surface area contributed by atoms with Gasteiger partial charge in [-0.15, -0.1) is 0 Å². The molecule has 0 rings (SSSR count). The Labute approximate surface area is 48.5 Å². The van der Waals surface area contributed by atoms with Gasteiger partial charge in [-0.3, -0.25) is 4.84 Å². The van der Waals surface area contributed by atoms with Gasteiger partial charge < -0.3 is 10.2 Å². The van der Waals surface area contributed by atoms with Gasteiger partial charge in [0.05, 0.1) is 0 Å². The maximum absolute atomic E-state index is 9.45. The van der Waals surface area contributed by atoms with Crippen LogP contribution in [0.1, 0.15) is 0 Å². The van der Waals surface area contributed by atoms with Crippen molar-refractivity contribution in [1.29, 1.82) is 0 Å². The number of carboxylic acid groups (broad SMARTS) is 2. The molecular formula is C2H2N2O5. The molecule has 0 aromatic rings. The topological polar surface area (TPSA) is 109 Å². The molecule has 0 aliphatic rings. The van der Waals surface area contributed by atoms with Crippen molar-refractivity contribution in [2.75, 3.05) is 0 Å². The fraction of sp³-hybridized carbons (Fsp3) is 0. The van der Waals surface area contributed by atoms with Crippen LogP contribution in [-0.2, 0) is 4.84 Å². The van der Waals surface area contributed by atoms with Gasteiger partial charge >= 0.3 is 12.2 Å². The largest absolute Gasteiger partial charge is 0.533 e. The lowest BCUT2D eigenvalue weighted by Gasteiger charge is -1.80. The van der Waals surface area contributed by atoms with Crippen LogP contribution in [0.3, 0.4) is 0 Å². The van der Waals surface area contributed by atoms with Crippen molar-refractivity contribution in [1.82, 2.24) is 0 Å². The Hall–Kier alpha value is -1.66. The van der Waals surface area contributed by atoms with E-state index in [2.05, 4.69) is 15.2 Å². The van der Waals surface area contributed by atoms with Gasteiger partial charge in [0, 0.05) is 5.28 Å². The van der Waals surface area contributed by atoms with E-state index in [9.17, 15) is 9.59 Å². The van der Waals surface area contributed by atoms with E-state index in [-0.39, 0.29) is 0 Å². The summed E-state index contributed by atoms with van der Waals surface area (Å²) in [7, 11) is 0. The summed E-state index contributed by atoms with van der Waals surface area (Å²) < 4.78 is 0. The fourth-order valence-corrected chi connectivity index (χ4v) is 0.0903. The van der Waals surface area contributed by atoms with Crippen LogP contribution in [0.2, 0.25) is 0 Å². The molecule has 0 bridgehead atoms. The van der Waals surface area contributed by atoms with Crippen molar-refractivity contribution in [3.63, 3.8) is 0 Å². The minimum absolute atomic E-state index is 1.61. The number of carbonyl (C=O) groups is 2. The first-order valence-corrected chi connectivity index (χ1v) is 1.67. The molecular weight excluding hydrogens is 132 g/mol. The van der Waals surface area contributed by atoms with Gasteiger partial charge in [0.25, 0.3) is 0 Å². The van der Waals surface area contributed by atoms with E-state index in [1.54, 1.807) is 0 Å². The second kappa shape index (κ2) is 3.36. The molecule has 0 saturated carbocycles. The van der Waals surface area contributed by atoms with E-state index in [4.69, 9.17) is 10.2 Å². The van der Waals surface area contributed by atoms with Crippen molar-refractivity contribution in [3.05, 3.63) is 0 Å². The zero-order valence-corrected chi connectivity index (χ0v) is 4.01. The Morgan fingerprint density at radius 1 is 1.33 bits per heavy atom. The molecule has 0 atom stereocenters. The zero-order valence-electron chi connectivity index (χ0n) is 4.01. The zero-order chi connectivity index (χ0) is 7.28. The van der Waals surface area contributed by atoms with E-state index >= 15 is 0 Å². The molecule has 0 fully saturated rings. The molecule has 7 heteroatoms. The molecule has 0 aromatic carbocycles. The number of hydrogen-bond acceptors (Lipinski definition) is 4. The molecule has 0 spiro atoms. The minimum Gasteiger partial charge on any atom is -0.462 e. The Kier molecular flexibility index (Phi) is 2.74. The SMILES string of the molecule is O=C(O)N=NOC(=O)O. The lowest BCUT2D eigenvalue weighted by Crippen LogP contribution is -1.92. The minimum atomic E-state index is -1.71. The Bertz CT molecular complexity index is 151. The molecule has 0 aliphatic heterocycles. The highest BCUT2D eigenvalue weighted by atomic mass is 16.8. The summed E-state index contributed by atoms with van der Waals surface area (Å²) in [5, 5.41) is 20.0. The summed E-state index contributed by atoms with van der Waals surface area (Å²) in [5.41, 5.74) is 0. The highest BCUT2D eigenvalue weighted by molar-refractivity contribution is 5.64. The second-order valence-corrected chi connectivity index (χ2v) is 0.821. The normalized spacial score (nSPS) is 9.33. The molecule has 0 aromatic heterocycles. The molecule has 0 unspecified atom stereocenters. The summed E-state index contributed by atoms with van der Waals surface area (Å²) >= 11 is 0. The van der Waals surface area contributed by atoms with Gasteiger partial charge in [0.1, 0.15) is 0 Å². The van der Waals surface area contributed by atoms with Crippen molar-refractivity contribution in [3.8, 4) is 0 Å². The van der Waals surface area contributed by atoms with Crippen LogP contribution in [0.15, 0.2) is 10.4 Å². The van der Waals surface area contributed by atoms with Crippen LogP contribution in [0.25, 0.3) is 0 Å². The Morgan fingerprint density at radius 2 is 1.89 bits per heavy atom. The van der Waals surface area contributed by atoms with Crippen LogP contribution in [0, 0.1) is 0 Å². The van der Waals surface area contributed by atoms with Crippen molar-refractivity contribution >= 4 is 12.2 Å². The molecule has 2 N–H and O–H groups in total. The fourth-order valence-electron chi connectivity index (χ4n) is 0.0903. The molecule has 0 aliphatic carbocycles. The monoisotopic (exact) mass is 134 g/mol. The molecule has 9 heavy (non-hydrogen) atoms. The molecule has 50 valence electrons. The summed E-state index contributed by atoms with van der Waals surface area (Å²) in [6.45, 7) is 0. The molecule has 1 amide bonds.